The first-order chi connectivity index (χ1) is 10.1. The van der Waals surface area contributed by atoms with E-state index in [2.05, 4.69) is 45.9 Å². The smallest absolute Gasteiger partial charge is 0.160 e. The van der Waals surface area contributed by atoms with Crippen molar-refractivity contribution in [3.63, 3.8) is 0 Å². The summed E-state index contributed by atoms with van der Waals surface area (Å²) in [6.45, 7) is 4.40. The number of hydrogen-bond donors (Lipinski definition) is 0. The Balaban J connectivity index is 2.26. The molecule has 0 radical (unpaired) electrons. The molecule has 0 aromatic carbocycles. The zero-order chi connectivity index (χ0) is 15.0. The summed E-state index contributed by atoms with van der Waals surface area (Å²) in [6, 6.07) is 6.23. The Labute approximate surface area is 137 Å². The Morgan fingerprint density at radius 3 is 2.81 bits per heavy atom. The van der Waals surface area contributed by atoms with Gasteiger partial charge in [-0.3, -0.25) is 0 Å². The molecule has 3 aromatic rings. The molecule has 0 saturated heterocycles. The first-order valence-electron chi connectivity index (χ1n) is 6.73. The zero-order valence-corrected chi connectivity index (χ0v) is 14.1. The van der Waals surface area contributed by atoms with Crippen molar-refractivity contribution < 1.29 is 0 Å². The minimum Gasteiger partial charge on any atom is -0.303 e. The van der Waals surface area contributed by atoms with E-state index >= 15 is 0 Å². The SMILES string of the molecule is CC(C)C(c1cccs1)n1c(CCl)nc2cc(Cl)cnc21. The normalized spacial score (nSPS) is 13.2. The maximum atomic E-state index is 6.11. The summed E-state index contributed by atoms with van der Waals surface area (Å²) in [7, 11) is 0. The molecular formula is C15H15Cl2N3S. The molecule has 0 saturated carbocycles. The highest BCUT2D eigenvalue weighted by Crippen LogP contribution is 2.34. The quantitative estimate of drug-likeness (QED) is 0.617. The lowest BCUT2D eigenvalue weighted by molar-refractivity contribution is 0.442. The molecule has 0 aliphatic carbocycles. The number of hydrogen-bond acceptors (Lipinski definition) is 3. The minimum atomic E-state index is 0.178. The number of fused-ring (bicyclic) bond motifs is 1. The number of aromatic nitrogens is 3. The molecule has 0 spiro atoms. The highest BCUT2D eigenvalue weighted by molar-refractivity contribution is 7.10. The fourth-order valence-electron chi connectivity index (χ4n) is 2.60. The summed E-state index contributed by atoms with van der Waals surface area (Å²) in [6.07, 6.45) is 1.66. The van der Waals surface area contributed by atoms with E-state index in [0.717, 1.165) is 17.0 Å². The van der Waals surface area contributed by atoms with E-state index < -0.39 is 0 Å². The Morgan fingerprint density at radius 1 is 1.38 bits per heavy atom. The fraction of sp³-hybridized carbons (Fsp3) is 0.333. The maximum Gasteiger partial charge on any atom is 0.160 e. The van der Waals surface area contributed by atoms with Gasteiger partial charge in [0.1, 0.15) is 11.3 Å². The van der Waals surface area contributed by atoms with Crippen LogP contribution in [0.25, 0.3) is 11.2 Å². The maximum absolute atomic E-state index is 6.11. The second-order valence-corrected chi connectivity index (χ2v) is 6.92. The fourth-order valence-corrected chi connectivity index (χ4v) is 3.93. The van der Waals surface area contributed by atoms with Crippen LogP contribution in [0, 0.1) is 5.92 Å². The van der Waals surface area contributed by atoms with E-state index in [4.69, 9.17) is 23.2 Å². The van der Waals surface area contributed by atoms with Gasteiger partial charge in [-0.2, -0.15) is 0 Å². The summed E-state index contributed by atoms with van der Waals surface area (Å²) >= 11 is 13.9. The van der Waals surface area contributed by atoms with Crippen molar-refractivity contribution >= 4 is 45.7 Å². The Bertz CT molecular complexity index is 750. The van der Waals surface area contributed by atoms with Gasteiger partial charge in [0.2, 0.25) is 0 Å². The Kier molecular flexibility index (Phi) is 4.20. The van der Waals surface area contributed by atoms with Crippen LogP contribution in [0.4, 0.5) is 0 Å². The van der Waals surface area contributed by atoms with E-state index in [1.54, 1.807) is 17.5 Å². The summed E-state index contributed by atoms with van der Waals surface area (Å²) in [5.41, 5.74) is 1.63. The van der Waals surface area contributed by atoms with Crippen molar-refractivity contribution in [3.8, 4) is 0 Å². The molecule has 6 heteroatoms. The first-order valence-corrected chi connectivity index (χ1v) is 8.52. The van der Waals surface area contributed by atoms with Gasteiger partial charge in [0.15, 0.2) is 5.65 Å². The third-order valence-electron chi connectivity index (χ3n) is 3.43. The molecule has 1 atom stereocenters. The molecule has 0 aliphatic rings. The molecule has 0 N–H and O–H groups in total. The van der Waals surface area contributed by atoms with Gasteiger partial charge in [0, 0.05) is 11.1 Å². The third kappa shape index (κ3) is 2.68. The zero-order valence-electron chi connectivity index (χ0n) is 11.8. The highest BCUT2D eigenvalue weighted by Gasteiger charge is 2.25. The van der Waals surface area contributed by atoms with Crippen LogP contribution in [0.3, 0.4) is 0 Å². The molecule has 0 aliphatic heterocycles. The summed E-state index contributed by atoms with van der Waals surface area (Å²) in [5, 5.41) is 2.68. The standard InChI is InChI=1S/C15H15Cl2N3S/c1-9(2)14(12-4-3-5-21-12)20-13(7-16)19-11-6-10(17)8-18-15(11)20/h3-6,8-9,14H,7H2,1-2H3. The van der Waals surface area contributed by atoms with Crippen LogP contribution in [0.1, 0.15) is 30.6 Å². The van der Waals surface area contributed by atoms with Crippen LogP contribution in [-0.4, -0.2) is 14.5 Å². The van der Waals surface area contributed by atoms with Crippen LogP contribution in [-0.2, 0) is 5.88 Å². The van der Waals surface area contributed by atoms with Gasteiger partial charge in [0.25, 0.3) is 0 Å². The average molecular weight is 340 g/mol. The van der Waals surface area contributed by atoms with E-state index in [-0.39, 0.29) is 6.04 Å². The van der Waals surface area contributed by atoms with Gasteiger partial charge >= 0.3 is 0 Å². The number of alkyl halides is 1. The molecule has 1 unspecified atom stereocenters. The number of imidazole rings is 1. The average Bonchev–Trinajstić information content (AvgIpc) is 3.07. The predicted octanol–water partition coefficient (Wildman–Crippen LogP) is 5.13. The van der Waals surface area contributed by atoms with Crippen LogP contribution in [0.5, 0.6) is 0 Å². The first kappa shape index (κ1) is 14.8. The second-order valence-electron chi connectivity index (χ2n) is 5.23. The third-order valence-corrected chi connectivity index (χ3v) is 4.82. The highest BCUT2D eigenvalue weighted by atomic mass is 35.5. The van der Waals surface area contributed by atoms with Crippen molar-refractivity contribution in [3.05, 3.63) is 45.5 Å². The molecule has 3 nitrogen and oxygen atoms in total. The largest absolute Gasteiger partial charge is 0.303 e. The molecule has 0 bridgehead atoms. The number of thiophene rings is 1. The van der Waals surface area contributed by atoms with Crippen molar-refractivity contribution in [1.29, 1.82) is 0 Å². The summed E-state index contributed by atoms with van der Waals surface area (Å²) < 4.78 is 2.15. The van der Waals surface area contributed by atoms with Gasteiger partial charge in [-0.1, -0.05) is 31.5 Å². The van der Waals surface area contributed by atoms with Gasteiger partial charge in [-0.05, 0) is 23.4 Å². The Morgan fingerprint density at radius 2 is 2.19 bits per heavy atom. The topological polar surface area (TPSA) is 30.7 Å². The number of nitrogens with zero attached hydrogens (tertiary/aromatic N) is 3. The van der Waals surface area contributed by atoms with Gasteiger partial charge in [-0.15, -0.1) is 22.9 Å². The minimum absolute atomic E-state index is 0.178. The molecular weight excluding hydrogens is 325 g/mol. The van der Waals surface area contributed by atoms with Crippen LogP contribution in [0.2, 0.25) is 5.02 Å². The van der Waals surface area contributed by atoms with Gasteiger partial charge < -0.3 is 4.57 Å². The van der Waals surface area contributed by atoms with Crippen LogP contribution >= 0.6 is 34.5 Å². The van der Waals surface area contributed by atoms with Crippen molar-refractivity contribution in [2.24, 2.45) is 5.92 Å². The van der Waals surface area contributed by atoms with Crippen LogP contribution in [0.15, 0.2) is 29.8 Å². The number of halogens is 2. The van der Waals surface area contributed by atoms with Crippen molar-refractivity contribution in [2.45, 2.75) is 25.8 Å². The molecule has 0 amide bonds. The predicted molar refractivity (Wildman–Crippen MR) is 89.4 cm³/mol. The molecule has 3 rings (SSSR count). The second kappa shape index (κ2) is 5.95. The Hall–Kier alpha value is -1.10. The molecule has 3 aromatic heterocycles. The van der Waals surface area contributed by atoms with E-state index in [1.165, 1.54) is 4.88 Å². The lowest BCUT2D eigenvalue weighted by atomic mass is 10.0. The van der Waals surface area contributed by atoms with E-state index in [9.17, 15) is 0 Å². The van der Waals surface area contributed by atoms with Gasteiger partial charge in [-0.25, -0.2) is 9.97 Å². The monoisotopic (exact) mass is 339 g/mol. The van der Waals surface area contributed by atoms with E-state index in [1.807, 2.05) is 6.07 Å². The molecule has 21 heavy (non-hydrogen) atoms. The van der Waals surface area contributed by atoms with Crippen molar-refractivity contribution in [1.82, 2.24) is 14.5 Å². The molecule has 110 valence electrons. The summed E-state index contributed by atoms with van der Waals surface area (Å²) in [5.74, 6) is 1.58. The molecule has 3 heterocycles. The lowest BCUT2D eigenvalue weighted by Crippen LogP contribution is -2.18. The number of rotatable bonds is 4. The summed E-state index contributed by atoms with van der Waals surface area (Å²) in [4.78, 5) is 10.4. The van der Waals surface area contributed by atoms with Crippen molar-refractivity contribution in [2.75, 3.05) is 0 Å². The lowest BCUT2D eigenvalue weighted by Gasteiger charge is -2.23. The van der Waals surface area contributed by atoms with Gasteiger partial charge in [0.05, 0.1) is 16.9 Å². The molecule has 0 fully saturated rings. The number of pyridine rings is 1. The van der Waals surface area contributed by atoms with Crippen LogP contribution < -0.4 is 0 Å². The van der Waals surface area contributed by atoms with E-state index in [0.29, 0.717) is 16.8 Å².